The first-order valence-corrected chi connectivity index (χ1v) is 12.5. The van der Waals surface area contributed by atoms with Crippen molar-refractivity contribution < 1.29 is 0 Å². The van der Waals surface area contributed by atoms with Crippen LogP contribution in [-0.4, -0.2) is 6.04 Å². The molecule has 0 bridgehead atoms. The first kappa shape index (κ1) is 20.8. The molecule has 2 unspecified atom stereocenters. The number of para-hydroxylation sites is 3. The van der Waals surface area contributed by atoms with Gasteiger partial charge in [-0.05, 0) is 52.6 Å². The number of fused-ring (bicyclic) bond motifs is 4. The second-order valence-electron chi connectivity index (χ2n) is 9.48. The van der Waals surface area contributed by atoms with E-state index in [1.165, 1.54) is 39.2 Å². The summed E-state index contributed by atoms with van der Waals surface area (Å²) in [5, 5.41) is 3.65. The van der Waals surface area contributed by atoms with Crippen molar-refractivity contribution in [1.29, 1.82) is 0 Å². The maximum atomic E-state index is 3.65. The Morgan fingerprint density at radius 1 is 0.583 bits per heavy atom. The van der Waals surface area contributed by atoms with E-state index in [-0.39, 0.29) is 12.0 Å². The smallest absolute Gasteiger partial charge is 0.0623 e. The molecule has 2 nitrogen and oxygen atoms in total. The summed E-state index contributed by atoms with van der Waals surface area (Å²) in [6.45, 7) is 0. The zero-order valence-corrected chi connectivity index (χ0v) is 19.9. The highest BCUT2D eigenvalue weighted by atomic mass is 15.2. The van der Waals surface area contributed by atoms with Gasteiger partial charge in [0.2, 0.25) is 0 Å². The number of rotatable bonds is 2. The van der Waals surface area contributed by atoms with Gasteiger partial charge >= 0.3 is 0 Å². The van der Waals surface area contributed by atoms with Crippen LogP contribution in [0.2, 0.25) is 0 Å². The predicted molar refractivity (Wildman–Crippen MR) is 154 cm³/mol. The molecule has 0 spiro atoms. The molecule has 1 N–H and O–H groups in total. The average molecular weight is 463 g/mol. The summed E-state index contributed by atoms with van der Waals surface area (Å²) in [6.07, 6.45) is 16.2. The van der Waals surface area contributed by atoms with Crippen molar-refractivity contribution >= 4 is 46.6 Å². The molecule has 0 amide bonds. The van der Waals surface area contributed by atoms with Crippen LogP contribution in [-0.2, 0) is 0 Å². The molecule has 1 aliphatic carbocycles. The Labute approximate surface area is 212 Å². The first-order valence-electron chi connectivity index (χ1n) is 12.5. The van der Waals surface area contributed by atoms with Gasteiger partial charge in [0.05, 0.1) is 6.04 Å². The third-order valence-electron chi connectivity index (χ3n) is 7.34. The van der Waals surface area contributed by atoms with Gasteiger partial charge in [-0.3, -0.25) is 0 Å². The number of allylic oxidation sites excluding steroid dienone is 2. The lowest BCUT2D eigenvalue weighted by atomic mass is 9.86. The summed E-state index contributed by atoms with van der Waals surface area (Å²) in [5.74, 6) is 0.244. The summed E-state index contributed by atoms with van der Waals surface area (Å²) in [5.41, 5.74) is 10.9. The highest BCUT2D eigenvalue weighted by Crippen LogP contribution is 2.42. The minimum absolute atomic E-state index is 0.205. The lowest BCUT2D eigenvalue weighted by molar-refractivity contribution is 0.671. The highest BCUT2D eigenvalue weighted by Gasteiger charge is 2.30. The molecule has 172 valence electrons. The summed E-state index contributed by atoms with van der Waals surface area (Å²) >= 11 is 0. The van der Waals surface area contributed by atoms with Crippen LogP contribution >= 0.6 is 0 Å². The van der Waals surface area contributed by atoms with E-state index in [2.05, 4.69) is 150 Å². The third-order valence-corrected chi connectivity index (χ3v) is 7.34. The SMILES string of the molecule is C1=CC2C(C=Cc3ccccc3N2c2ccccc2)C=C1c1cccc2c1C=Cc1ccccc1N2. The molecule has 0 saturated carbocycles. The van der Waals surface area contributed by atoms with Crippen LogP contribution < -0.4 is 10.2 Å². The monoisotopic (exact) mass is 462 g/mol. The predicted octanol–water partition coefficient (Wildman–Crippen LogP) is 8.72. The van der Waals surface area contributed by atoms with E-state index in [1.807, 2.05) is 0 Å². The lowest BCUT2D eigenvalue weighted by Crippen LogP contribution is -2.35. The van der Waals surface area contributed by atoms with Crippen molar-refractivity contribution in [2.75, 3.05) is 10.2 Å². The van der Waals surface area contributed by atoms with Gasteiger partial charge in [-0.25, -0.2) is 0 Å². The molecule has 0 aromatic heterocycles. The number of benzene rings is 4. The number of hydrogen-bond acceptors (Lipinski definition) is 2. The van der Waals surface area contributed by atoms with Crippen molar-refractivity contribution in [2.45, 2.75) is 6.04 Å². The van der Waals surface area contributed by atoms with Gasteiger partial charge in [0.15, 0.2) is 0 Å². The molecule has 3 aliphatic rings. The molecule has 36 heavy (non-hydrogen) atoms. The molecule has 4 aromatic carbocycles. The number of nitrogens with one attached hydrogen (secondary N) is 1. The Hall–Kier alpha value is -4.56. The second kappa shape index (κ2) is 8.58. The van der Waals surface area contributed by atoms with E-state index in [1.54, 1.807) is 0 Å². The van der Waals surface area contributed by atoms with Gasteiger partial charge in [-0.1, -0.05) is 109 Å². The van der Waals surface area contributed by atoms with E-state index in [4.69, 9.17) is 0 Å². The van der Waals surface area contributed by atoms with Crippen molar-refractivity contribution in [2.24, 2.45) is 5.92 Å². The van der Waals surface area contributed by atoms with E-state index in [0.717, 1.165) is 11.4 Å². The van der Waals surface area contributed by atoms with Gasteiger partial charge in [0, 0.05) is 34.2 Å². The van der Waals surface area contributed by atoms with Crippen molar-refractivity contribution in [3.8, 4) is 0 Å². The number of anilines is 4. The first-order chi connectivity index (χ1) is 17.8. The molecule has 2 heterocycles. The van der Waals surface area contributed by atoms with Crippen molar-refractivity contribution in [3.63, 3.8) is 0 Å². The summed E-state index contributed by atoms with van der Waals surface area (Å²) in [7, 11) is 0. The van der Waals surface area contributed by atoms with Gasteiger partial charge in [0.1, 0.15) is 0 Å². The van der Waals surface area contributed by atoms with E-state index in [9.17, 15) is 0 Å². The molecule has 4 aromatic rings. The van der Waals surface area contributed by atoms with Crippen LogP contribution in [0, 0.1) is 5.92 Å². The molecule has 7 rings (SSSR count). The molecular formula is C34H26N2. The Balaban J connectivity index is 1.32. The Bertz CT molecular complexity index is 1570. The van der Waals surface area contributed by atoms with Crippen LogP contribution in [0.15, 0.2) is 121 Å². The van der Waals surface area contributed by atoms with Crippen molar-refractivity contribution in [1.82, 2.24) is 0 Å². The Morgan fingerprint density at radius 2 is 1.36 bits per heavy atom. The van der Waals surface area contributed by atoms with Crippen LogP contribution in [0.5, 0.6) is 0 Å². The summed E-state index contributed by atoms with van der Waals surface area (Å²) in [6, 6.07) is 34.6. The van der Waals surface area contributed by atoms with Gasteiger partial charge < -0.3 is 10.2 Å². The number of hydrogen-bond donors (Lipinski definition) is 1. The minimum atomic E-state index is 0.205. The quantitative estimate of drug-likeness (QED) is 0.282. The van der Waals surface area contributed by atoms with Crippen LogP contribution in [0.25, 0.3) is 23.8 Å². The standard InChI is InChI=1S/C34H26N2/c1-2-11-28(12-3-1)36-33-16-7-5-10-25(33)17-18-27-23-26(20-22-34(27)36)29-13-8-15-32-30(29)21-19-24-9-4-6-14-31(24)35-32/h1-23,27,34-35H. The second-order valence-corrected chi connectivity index (χ2v) is 9.48. The van der Waals surface area contributed by atoms with Crippen LogP contribution in [0.1, 0.15) is 22.3 Å². The molecule has 2 aliphatic heterocycles. The van der Waals surface area contributed by atoms with E-state index in [0.29, 0.717) is 0 Å². The molecule has 0 fully saturated rings. The lowest BCUT2D eigenvalue weighted by Gasteiger charge is -2.36. The topological polar surface area (TPSA) is 15.3 Å². The van der Waals surface area contributed by atoms with E-state index >= 15 is 0 Å². The molecule has 2 atom stereocenters. The van der Waals surface area contributed by atoms with Crippen LogP contribution in [0.4, 0.5) is 22.7 Å². The molecule has 0 radical (unpaired) electrons. The van der Waals surface area contributed by atoms with Crippen molar-refractivity contribution in [3.05, 3.63) is 144 Å². The zero-order valence-electron chi connectivity index (χ0n) is 19.9. The minimum Gasteiger partial charge on any atom is -0.355 e. The fourth-order valence-corrected chi connectivity index (χ4v) is 5.60. The van der Waals surface area contributed by atoms with Crippen LogP contribution in [0.3, 0.4) is 0 Å². The molecule has 0 saturated heterocycles. The zero-order chi connectivity index (χ0) is 23.9. The fourth-order valence-electron chi connectivity index (χ4n) is 5.60. The maximum absolute atomic E-state index is 3.65. The fraction of sp³-hybridized carbons (Fsp3) is 0.0588. The summed E-state index contributed by atoms with van der Waals surface area (Å²) in [4.78, 5) is 2.48. The largest absolute Gasteiger partial charge is 0.355 e. The average Bonchev–Trinajstić information content (AvgIpc) is 3.23. The maximum Gasteiger partial charge on any atom is 0.0623 e. The normalized spacial score (nSPS) is 19.1. The Kier molecular flexibility index (Phi) is 4.96. The van der Waals surface area contributed by atoms with E-state index < -0.39 is 0 Å². The summed E-state index contributed by atoms with van der Waals surface area (Å²) < 4.78 is 0. The highest BCUT2D eigenvalue weighted by molar-refractivity contribution is 5.94. The number of nitrogens with zero attached hydrogens (tertiary/aromatic N) is 1. The third kappa shape index (κ3) is 3.50. The van der Waals surface area contributed by atoms with Gasteiger partial charge in [-0.2, -0.15) is 0 Å². The molecule has 2 heteroatoms. The molecular weight excluding hydrogens is 436 g/mol. The Morgan fingerprint density at radius 3 is 2.28 bits per heavy atom. The van der Waals surface area contributed by atoms with Gasteiger partial charge in [-0.15, -0.1) is 0 Å². The van der Waals surface area contributed by atoms with Gasteiger partial charge in [0.25, 0.3) is 0 Å².